The Labute approximate surface area is 83.1 Å². The quantitative estimate of drug-likeness (QED) is 0.770. The van der Waals surface area contributed by atoms with E-state index in [0.717, 1.165) is 6.04 Å². The lowest BCUT2D eigenvalue weighted by Crippen LogP contribution is -2.29. The normalized spacial score (nSPS) is 18.9. The molecule has 1 saturated carbocycles. The highest BCUT2D eigenvalue weighted by atomic mass is 32.1. The van der Waals surface area contributed by atoms with Gasteiger partial charge in [0, 0.05) is 22.3 Å². The first-order valence-corrected chi connectivity index (χ1v) is 5.63. The average molecular weight is 196 g/mol. The Balaban J connectivity index is 2.01. The van der Waals surface area contributed by atoms with Gasteiger partial charge in [0.15, 0.2) is 0 Å². The molecule has 1 aromatic rings. The van der Waals surface area contributed by atoms with Crippen molar-refractivity contribution >= 4 is 11.3 Å². The van der Waals surface area contributed by atoms with E-state index in [2.05, 4.69) is 24.4 Å². The van der Waals surface area contributed by atoms with E-state index in [-0.39, 0.29) is 0 Å². The Morgan fingerprint density at radius 2 is 2.38 bits per heavy atom. The minimum atomic E-state index is 0.381. The van der Waals surface area contributed by atoms with Gasteiger partial charge in [-0.3, -0.25) is 0 Å². The Bertz CT molecular complexity index is 278. The third-order valence-electron chi connectivity index (χ3n) is 2.35. The zero-order valence-electron chi connectivity index (χ0n) is 7.92. The molecule has 0 amide bonds. The Kier molecular flexibility index (Phi) is 2.67. The molecule has 1 aromatic heterocycles. The van der Waals surface area contributed by atoms with Crippen molar-refractivity contribution in [3.63, 3.8) is 0 Å². The maximum absolute atomic E-state index is 5.73. The van der Waals surface area contributed by atoms with Crippen LogP contribution < -0.4 is 11.1 Å². The number of nitrogens with two attached hydrogens (primary N) is 1. The number of nitrogens with one attached hydrogen (secondary N) is 1. The van der Waals surface area contributed by atoms with Crippen LogP contribution in [0.2, 0.25) is 0 Å². The molecule has 0 saturated heterocycles. The highest BCUT2D eigenvalue weighted by Crippen LogP contribution is 2.27. The first-order chi connectivity index (χ1) is 6.29. The van der Waals surface area contributed by atoms with Crippen LogP contribution in [-0.4, -0.2) is 12.6 Å². The van der Waals surface area contributed by atoms with Gasteiger partial charge >= 0.3 is 0 Å². The molecule has 3 N–H and O–H groups in total. The van der Waals surface area contributed by atoms with Gasteiger partial charge in [-0.2, -0.15) is 0 Å². The van der Waals surface area contributed by atoms with Crippen LogP contribution in [0, 0.1) is 6.92 Å². The lowest BCUT2D eigenvalue weighted by atomic mass is 10.2. The minimum absolute atomic E-state index is 0.381. The van der Waals surface area contributed by atoms with Crippen LogP contribution >= 0.6 is 11.3 Å². The summed E-state index contributed by atoms with van der Waals surface area (Å²) in [6, 6.07) is 5.46. The predicted molar refractivity (Wildman–Crippen MR) is 57.0 cm³/mol. The largest absolute Gasteiger partial charge is 0.329 e. The topological polar surface area (TPSA) is 38.0 Å². The van der Waals surface area contributed by atoms with Crippen LogP contribution in [-0.2, 0) is 0 Å². The standard InChI is InChI=1S/C10H16N2S/c1-7-2-5-10(13-7)9(6-11)12-8-3-4-8/h2,5,8-9,12H,3-4,6,11H2,1H3. The maximum atomic E-state index is 5.73. The maximum Gasteiger partial charge on any atom is 0.0541 e. The number of thiophene rings is 1. The van der Waals surface area contributed by atoms with Crippen molar-refractivity contribution in [2.75, 3.05) is 6.54 Å². The number of aryl methyl sites for hydroxylation is 1. The average Bonchev–Trinajstić information content (AvgIpc) is 2.84. The fraction of sp³-hybridized carbons (Fsp3) is 0.600. The van der Waals surface area contributed by atoms with Crippen LogP contribution in [0.25, 0.3) is 0 Å². The van der Waals surface area contributed by atoms with Crippen LogP contribution in [0.3, 0.4) is 0 Å². The summed E-state index contributed by atoms with van der Waals surface area (Å²) in [6.45, 7) is 2.84. The summed E-state index contributed by atoms with van der Waals surface area (Å²) in [5.41, 5.74) is 5.73. The molecular formula is C10H16N2S. The van der Waals surface area contributed by atoms with Gasteiger partial charge in [-0.25, -0.2) is 0 Å². The van der Waals surface area contributed by atoms with Crippen molar-refractivity contribution < 1.29 is 0 Å². The highest BCUT2D eigenvalue weighted by molar-refractivity contribution is 7.12. The first kappa shape index (κ1) is 9.19. The summed E-state index contributed by atoms with van der Waals surface area (Å²) in [5.74, 6) is 0. The number of rotatable bonds is 4. The van der Waals surface area contributed by atoms with Gasteiger partial charge in [0.2, 0.25) is 0 Å². The van der Waals surface area contributed by atoms with Gasteiger partial charge in [-0.15, -0.1) is 11.3 Å². The molecule has 2 nitrogen and oxygen atoms in total. The molecule has 0 radical (unpaired) electrons. The molecule has 3 heteroatoms. The van der Waals surface area contributed by atoms with E-state index in [1.807, 2.05) is 11.3 Å². The third-order valence-corrected chi connectivity index (χ3v) is 3.47. The van der Waals surface area contributed by atoms with Crippen LogP contribution in [0.15, 0.2) is 12.1 Å². The molecule has 0 spiro atoms. The second-order valence-corrected chi connectivity index (χ2v) is 5.00. The molecule has 0 bridgehead atoms. The van der Waals surface area contributed by atoms with Crippen LogP contribution in [0.4, 0.5) is 0 Å². The van der Waals surface area contributed by atoms with Crippen molar-refractivity contribution in [3.8, 4) is 0 Å². The summed E-state index contributed by atoms with van der Waals surface area (Å²) in [7, 11) is 0. The monoisotopic (exact) mass is 196 g/mol. The smallest absolute Gasteiger partial charge is 0.0541 e. The molecule has 13 heavy (non-hydrogen) atoms. The number of hydrogen-bond acceptors (Lipinski definition) is 3. The SMILES string of the molecule is Cc1ccc(C(CN)NC2CC2)s1. The van der Waals surface area contributed by atoms with E-state index in [1.54, 1.807) is 0 Å². The third kappa shape index (κ3) is 2.30. The summed E-state index contributed by atoms with van der Waals surface area (Å²) in [6.07, 6.45) is 2.64. The minimum Gasteiger partial charge on any atom is -0.329 e. The number of hydrogen-bond donors (Lipinski definition) is 2. The Morgan fingerprint density at radius 1 is 1.62 bits per heavy atom. The molecule has 1 unspecified atom stereocenters. The fourth-order valence-electron chi connectivity index (χ4n) is 1.44. The summed E-state index contributed by atoms with van der Waals surface area (Å²) < 4.78 is 0. The first-order valence-electron chi connectivity index (χ1n) is 4.82. The molecular weight excluding hydrogens is 180 g/mol. The molecule has 1 heterocycles. The fourth-order valence-corrected chi connectivity index (χ4v) is 2.39. The predicted octanol–water partition coefficient (Wildman–Crippen LogP) is 1.81. The van der Waals surface area contributed by atoms with E-state index >= 15 is 0 Å². The summed E-state index contributed by atoms with van der Waals surface area (Å²) in [4.78, 5) is 2.75. The van der Waals surface area contributed by atoms with Crippen molar-refractivity contribution in [1.29, 1.82) is 0 Å². The second kappa shape index (κ2) is 3.78. The van der Waals surface area contributed by atoms with E-state index < -0.39 is 0 Å². The van der Waals surface area contributed by atoms with E-state index in [0.29, 0.717) is 12.6 Å². The van der Waals surface area contributed by atoms with Crippen molar-refractivity contribution in [1.82, 2.24) is 5.32 Å². The Morgan fingerprint density at radius 3 is 2.85 bits per heavy atom. The van der Waals surface area contributed by atoms with E-state index in [4.69, 9.17) is 5.73 Å². The van der Waals surface area contributed by atoms with Crippen LogP contribution in [0.1, 0.15) is 28.6 Å². The lowest BCUT2D eigenvalue weighted by Gasteiger charge is -2.14. The van der Waals surface area contributed by atoms with Gasteiger partial charge in [0.05, 0.1) is 6.04 Å². The summed E-state index contributed by atoms with van der Waals surface area (Å²) >= 11 is 1.85. The molecule has 72 valence electrons. The van der Waals surface area contributed by atoms with Crippen molar-refractivity contribution in [2.45, 2.75) is 31.8 Å². The molecule has 0 aromatic carbocycles. The second-order valence-electron chi connectivity index (χ2n) is 3.68. The molecule has 1 aliphatic rings. The summed E-state index contributed by atoms with van der Waals surface area (Å²) in [5, 5.41) is 3.56. The van der Waals surface area contributed by atoms with Gasteiger partial charge in [-0.1, -0.05) is 0 Å². The zero-order chi connectivity index (χ0) is 9.26. The van der Waals surface area contributed by atoms with E-state index in [9.17, 15) is 0 Å². The van der Waals surface area contributed by atoms with Crippen molar-refractivity contribution in [2.24, 2.45) is 5.73 Å². The molecule has 1 atom stereocenters. The lowest BCUT2D eigenvalue weighted by molar-refractivity contribution is 0.546. The zero-order valence-corrected chi connectivity index (χ0v) is 8.73. The molecule has 1 aliphatic carbocycles. The highest BCUT2D eigenvalue weighted by Gasteiger charge is 2.25. The Hall–Kier alpha value is -0.380. The van der Waals surface area contributed by atoms with Crippen molar-refractivity contribution in [3.05, 3.63) is 21.9 Å². The van der Waals surface area contributed by atoms with Gasteiger partial charge in [0.25, 0.3) is 0 Å². The molecule has 1 fully saturated rings. The van der Waals surface area contributed by atoms with E-state index in [1.165, 1.54) is 22.6 Å². The van der Waals surface area contributed by atoms with Crippen LogP contribution in [0.5, 0.6) is 0 Å². The van der Waals surface area contributed by atoms with Gasteiger partial charge < -0.3 is 11.1 Å². The van der Waals surface area contributed by atoms with Gasteiger partial charge in [0.1, 0.15) is 0 Å². The molecule has 2 rings (SSSR count). The molecule has 0 aliphatic heterocycles. The van der Waals surface area contributed by atoms with Gasteiger partial charge in [-0.05, 0) is 31.9 Å².